The molecule has 0 unspecified atom stereocenters. The van der Waals surface area contributed by atoms with Crippen molar-refractivity contribution in [1.82, 2.24) is 4.83 Å². The van der Waals surface area contributed by atoms with Crippen molar-refractivity contribution in [3.05, 3.63) is 40.5 Å². The summed E-state index contributed by atoms with van der Waals surface area (Å²) in [6.07, 6.45) is 5.25. The molecule has 1 aliphatic carbocycles. The van der Waals surface area contributed by atoms with Gasteiger partial charge in [0.2, 0.25) is 15.8 Å². The quantitative estimate of drug-likeness (QED) is 0.250. The van der Waals surface area contributed by atoms with E-state index in [-0.39, 0.29) is 17.9 Å². The van der Waals surface area contributed by atoms with Gasteiger partial charge in [-0.2, -0.15) is 4.83 Å². The fourth-order valence-corrected chi connectivity index (χ4v) is 1.79. The maximum atomic E-state index is 11.6. The second kappa shape index (κ2) is 8.42. The molecule has 0 aliphatic heterocycles. The molecule has 0 aromatic rings. The van der Waals surface area contributed by atoms with Crippen molar-refractivity contribution in [3.63, 3.8) is 0 Å². The summed E-state index contributed by atoms with van der Waals surface area (Å²) in [5.41, 5.74) is 0.333. The highest BCUT2D eigenvalue weighted by atomic mass is 35.5. The summed E-state index contributed by atoms with van der Waals surface area (Å²) in [4.78, 5) is 13.5. The van der Waals surface area contributed by atoms with E-state index in [4.69, 9.17) is 21.1 Å². The summed E-state index contributed by atoms with van der Waals surface area (Å²) in [5.74, 6) is 1.72. The van der Waals surface area contributed by atoms with Crippen LogP contribution in [0.25, 0.3) is 0 Å². The second-order valence-electron chi connectivity index (χ2n) is 4.20. The fourth-order valence-electron chi connectivity index (χ4n) is 1.39. The van der Waals surface area contributed by atoms with E-state index in [1.54, 1.807) is 6.08 Å². The first kappa shape index (κ1) is 18.8. The summed E-state index contributed by atoms with van der Waals surface area (Å²) in [5, 5.41) is 3.93. The minimum atomic E-state index is -3.51. The molecule has 0 fully saturated rings. The summed E-state index contributed by atoms with van der Waals surface area (Å²) in [6.45, 7) is 0. The molecule has 0 heterocycles. The van der Waals surface area contributed by atoms with Gasteiger partial charge in [-0.25, -0.2) is 13.2 Å². The Morgan fingerprint density at radius 2 is 2.13 bits per heavy atom. The van der Waals surface area contributed by atoms with E-state index in [2.05, 4.69) is 15.7 Å². The monoisotopic (exact) mass is 362 g/mol. The highest BCUT2D eigenvalue weighted by molar-refractivity contribution is 7.88. The summed E-state index contributed by atoms with van der Waals surface area (Å²) >= 11 is 5.92. The predicted octanol–water partition coefficient (Wildman–Crippen LogP) is 1.13. The number of nitrogens with one attached hydrogen (secondary N) is 1. The number of sulfonamides is 1. The lowest BCUT2D eigenvalue weighted by Crippen LogP contribution is -2.15. The first-order valence-corrected chi connectivity index (χ1v) is 8.38. The molecular weight excluding hydrogens is 348 g/mol. The Kier molecular flexibility index (Phi) is 6.89. The zero-order chi connectivity index (χ0) is 17.5. The first-order valence-electron chi connectivity index (χ1n) is 6.11. The van der Waals surface area contributed by atoms with Gasteiger partial charge in [-0.05, 0) is 12.2 Å². The largest absolute Gasteiger partial charge is 0.500 e. The number of carbonyl (C=O) groups excluding carboxylic acids is 1. The highest BCUT2D eigenvalue weighted by Crippen LogP contribution is 2.27. The number of hydrogen-bond acceptors (Lipinski definition) is 7. The Hall–Kier alpha value is -2.22. The van der Waals surface area contributed by atoms with Crippen LogP contribution in [0.3, 0.4) is 0 Å². The lowest BCUT2D eigenvalue weighted by Gasteiger charge is -2.15. The minimum absolute atomic E-state index is 0.196. The van der Waals surface area contributed by atoms with E-state index in [1.807, 2.05) is 4.83 Å². The number of ether oxygens (including phenoxy) is 3. The molecule has 0 bridgehead atoms. The Morgan fingerprint density at radius 3 is 2.70 bits per heavy atom. The van der Waals surface area contributed by atoms with E-state index in [0.717, 1.165) is 12.5 Å². The zero-order valence-electron chi connectivity index (χ0n) is 12.6. The third-order valence-electron chi connectivity index (χ3n) is 2.29. The number of esters is 1. The maximum Gasteiger partial charge on any atom is 0.377 e. The topological polar surface area (TPSA) is 103 Å². The number of hydrazone groups is 1. The van der Waals surface area contributed by atoms with E-state index in [1.165, 1.54) is 20.3 Å². The average Bonchev–Trinajstić information content (AvgIpc) is 2.47. The van der Waals surface area contributed by atoms with Gasteiger partial charge in [0.15, 0.2) is 0 Å². The summed E-state index contributed by atoms with van der Waals surface area (Å²) < 4.78 is 36.7. The second-order valence-corrected chi connectivity index (χ2v) is 6.41. The van der Waals surface area contributed by atoms with Crippen LogP contribution in [0.2, 0.25) is 0 Å². The van der Waals surface area contributed by atoms with Crippen LogP contribution < -0.4 is 4.83 Å². The van der Waals surface area contributed by atoms with Crippen LogP contribution in [0.4, 0.5) is 0 Å². The molecule has 23 heavy (non-hydrogen) atoms. The van der Waals surface area contributed by atoms with Crippen LogP contribution in [-0.4, -0.2) is 40.7 Å². The smallest absolute Gasteiger partial charge is 0.377 e. The predicted molar refractivity (Wildman–Crippen MR) is 83.8 cm³/mol. The van der Waals surface area contributed by atoms with E-state index < -0.39 is 16.0 Å². The van der Waals surface area contributed by atoms with Crippen LogP contribution >= 0.6 is 11.6 Å². The van der Waals surface area contributed by atoms with Crippen LogP contribution in [0.15, 0.2) is 45.6 Å². The number of rotatable bonds is 6. The number of nitrogens with zero attached hydrogens (tertiary/aromatic N) is 1. The molecule has 0 aromatic carbocycles. The van der Waals surface area contributed by atoms with Gasteiger partial charge in [0.05, 0.1) is 26.0 Å². The summed E-state index contributed by atoms with van der Waals surface area (Å²) in [6, 6.07) is 0. The Morgan fingerprint density at radius 1 is 1.43 bits per heavy atom. The molecule has 1 N–H and O–H groups in total. The Labute approximate surface area is 138 Å². The number of allylic oxidation sites excluding steroid dienone is 4. The molecule has 0 atom stereocenters. The van der Waals surface area contributed by atoms with Crippen molar-refractivity contribution in [2.45, 2.75) is 6.42 Å². The molecule has 0 saturated carbocycles. The molecule has 1 aliphatic rings. The maximum absolute atomic E-state index is 11.6. The first-order chi connectivity index (χ1) is 10.8. The van der Waals surface area contributed by atoms with Crippen molar-refractivity contribution in [3.8, 4) is 0 Å². The Bertz CT molecular complexity index is 730. The fraction of sp³-hybridized carbons (Fsp3) is 0.308. The van der Waals surface area contributed by atoms with E-state index in [9.17, 15) is 13.2 Å². The third kappa shape index (κ3) is 6.60. The van der Waals surface area contributed by atoms with Crippen molar-refractivity contribution in [2.24, 2.45) is 5.10 Å². The van der Waals surface area contributed by atoms with Crippen molar-refractivity contribution in [2.75, 3.05) is 20.5 Å². The van der Waals surface area contributed by atoms with Crippen LogP contribution in [0.1, 0.15) is 6.42 Å². The SMILES string of the molecule is COC=C(OC1=CC=C(Cl)CC1=C=NNS(C)(=O)=O)C(=O)OC. The molecular formula is C13H15ClN2O6S. The van der Waals surface area contributed by atoms with Crippen molar-refractivity contribution >= 4 is 33.5 Å². The molecule has 8 nitrogen and oxygen atoms in total. The average molecular weight is 363 g/mol. The number of carbonyl (C=O) groups is 1. The van der Waals surface area contributed by atoms with Gasteiger partial charge in [-0.1, -0.05) is 11.6 Å². The molecule has 0 saturated heterocycles. The molecule has 0 aromatic heterocycles. The van der Waals surface area contributed by atoms with Gasteiger partial charge < -0.3 is 14.2 Å². The van der Waals surface area contributed by atoms with Crippen LogP contribution in [0, 0.1) is 0 Å². The normalized spacial score (nSPS) is 15.0. The lowest BCUT2D eigenvalue weighted by molar-refractivity contribution is -0.139. The molecule has 10 heteroatoms. The molecule has 0 spiro atoms. The van der Waals surface area contributed by atoms with E-state index in [0.29, 0.717) is 10.6 Å². The van der Waals surface area contributed by atoms with Gasteiger partial charge >= 0.3 is 5.97 Å². The molecule has 0 amide bonds. The number of methoxy groups -OCH3 is 2. The number of hydrogen-bond donors (Lipinski definition) is 1. The van der Waals surface area contributed by atoms with Gasteiger partial charge in [-0.15, -0.1) is 5.10 Å². The highest BCUT2D eigenvalue weighted by Gasteiger charge is 2.19. The zero-order valence-corrected chi connectivity index (χ0v) is 14.2. The minimum Gasteiger partial charge on any atom is -0.500 e. The summed E-state index contributed by atoms with van der Waals surface area (Å²) in [7, 11) is -0.981. The van der Waals surface area contributed by atoms with Crippen molar-refractivity contribution < 1.29 is 27.4 Å². The lowest BCUT2D eigenvalue weighted by atomic mass is 10.1. The van der Waals surface area contributed by atoms with Gasteiger partial charge in [-0.3, -0.25) is 0 Å². The third-order valence-corrected chi connectivity index (χ3v) is 2.97. The Balaban J connectivity index is 3.11. The molecule has 1 rings (SSSR count). The molecule has 0 radical (unpaired) electrons. The van der Waals surface area contributed by atoms with E-state index >= 15 is 0 Å². The van der Waals surface area contributed by atoms with Gasteiger partial charge in [0.25, 0.3) is 0 Å². The van der Waals surface area contributed by atoms with Gasteiger partial charge in [0, 0.05) is 17.3 Å². The number of halogens is 1. The van der Waals surface area contributed by atoms with Gasteiger partial charge in [0.1, 0.15) is 12.0 Å². The molecule has 126 valence electrons. The van der Waals surface area contributed by atoms with Crippen LogP contribution in [-0.2, 0) is 29.0 Å². The standard InChI is InChI=1S/C13H15ClN2O6S/c1-20-8-12(13(17)21-2)22-11-5-4-10(14)6-9(11)7-15-16-23(3,18)19/h4-5,8,16H,6H2,1-3H3. The van der Waals surface area contributed by atoms with Crippen molar-refractivity contribution in [1.29, 1.82) is 0 Å². The van der Waals surface area contributed by atoms with Crippen LogP contribution in [0.5, 0.6) is 0 Å².